The number of likely N-dealkylation sites (tertiary alicyclic amines) is 1. The van der Waals surface area contributed by atoms with E-state index in [2.05, 4.69) is 24.1 Å². The first-order valence-corrected chi connectivity index (χ1v) is 13.8. The second-order valence-corrected chi connectivity index (χ2v) is 10.1. The molecule has 1 aliphatic rings. The fraction of sp³-hybridized carbons (Fsp3) is 0.963. The highest BCUT2D eigenvalue weighted by molar-refractivity contribution is 5.47. The summed E-state index contributed by atoms with van der Waals surface area (Å²) in [6.07, 6.45) is 26.9. The summed E-state index contributed by atoms with van der Waals surface area (Å²) in [6.45, 7) is 5.73. The van der Waals surface area contributed by atoms with Crippen molar-refractivity contribution in [1.82, 2.24) is 10.2 Å². The van der Waals surface area contributed by atoms with Gasteiger partial charge < -0.3 is 10.4 Å². The summed E-state index contributed by atoms with van der Waals surface area (Å²) in [6, 6.07) is 0.396. The number of nitrogens with zero attached hydrogens (tertiary/aromatic N) is 1. The van der Waals surface area contributed by atoms with Crippen LogP contribution in [0.1, 0.15) is 142 Å². The lowest BCUT2D eigenvalue weighted by molar-refractivity contribution is -0.115. The zero-order valence-corrected chi connectivity index (χ0v) is 21.0. The van der Waals surface area contributed by atoms with E-state index < -0.39 is 0 Å². The number of carbonyl (C=O) groups is 1. The minimum absolute atomic E-state index is 0.233. The summed E-state index contributed by atoms with van der Waals surface area (Å²) < 4.78 is 0. The zero-order chi connectivity index (χ0) is 22.6. The molecule has 4 nitrogen and oxygen atoms in total. The molecule has 1 rings (SSSR count). The van der Waals surface area contributed by atoms with Crippen molar-refractivity contribution in [2.24, 2.45) is 0 Å². The van der Waals surface area contributed by atoms with E-state index in [1.165, 1.54) is 103 Å². The zero-order valence-electron chi connectivity index (χ0n) is 21.0. The number of piperidine rings is 1. The average molecular weight is 439 g/mol. The summed E-state index contributed by atoms with van der Waals surface area (Å²) in [4.78, 5) is 13.8. The van der Waals surface area contributed by atoms with Crippen LogP contribution in [0.4, 0.5) is 0 Å². The van der Waals surface area contributed by atoms with E-state index in [0.717, 1.165) is 38.6 Å². The summed E-state index contributed by atoms with van der Waals surface area (Å²) in [5, 5.41) is 12.6. The van der Waals surface area contributed by atoms with Crippen LogP contribution in [0.25, 0.3) is 0 Å². The van der Waals surface area contributed by atoms with Gasteiger partial charge in [0.05, 0.1) is 5.66 Å². The van der Waals surface area contributed by atoms with Crippen LogP contribution in [0.5, 0.6) is 0 Å². The lowest BCUT2D eigenvalue weighted by Crippen LogP contribution is -2.61. The molecule has 31 heavy (non-hydrogen) atoms. The standard InChI is InChI=1S/C27H54N2O2/c1-3-4-5-6-7-8-9-10-11-12-13-14-15-16-18-22-27(2,28-25-31)29-23-19-17-20-26(29)21-24-30/h25-26,30H,3-24H2,1-2H3,(H,28,31). The van der Waals surface area contributed by atoms with E-state index in [1.54, 1.807) is 0 Å². The van der Waals surface area contributed by atoms with Gasteiger partial charge in [-0.3, -0.25) is 9.69 Å². The minimum atomic E-state index is -0.265. The first-order valence-electron chi connectivity index (χ1n) is 13.8. The second-order valence-electron chi connectivity index (χ2n) is 10.1. The Hall–Kier alpha value is -0.610. The highest BCUT2D eigenvalue weighted by atomic mass is 16.3. The third kappa shape index (κ3) is 12.9. The van der Waals surface area contributed by atoms with Gasteiger partial charge in [0.2, 0.25) is 6.41 Å². The third-order valence-electron chi connectivity index (χ3n) is 7.36. The van der Waals surface area contributed by atoms with Gasteiger partial charge in [-0.1, -0.05) is 103 Å². The van der Waals surface area contributed by atoms with E-state index in [-0.39, 0.29) is 12.3 Å². The number of rotatable bonds is 21. The van der Waals surface area contributed by atoms with Crippen molar-refractivity contribution in [1.29, 1.82) is 0 Å². The van der Waals surface area contributed by atoms with Crippen molar-refractivity contribution in [3.05, 3.63) is 0 Å². The molecule has 0 aromatic heterocycles. The Bertz CT molecular complexity index is 416. The maximum atomic E-state index is 11.3. The lowest BCUT2D eigenvalue weighted by Gasteiger charge is -2.48. The Labute approximate surface area is 193 Å². The first-order chi connectivity index (χ1) is 15.2. The molecule has 0 radical (unpaired) electrons. The van der Waals surface area contributed by atoms with Gasteiger partial charge in [-0.05, 0) is 39.0 Å². The van der Waals surface area contributed by atoms with Crippen LogP contribution in [0.15, 0.2) is 0 Å². The van der Waals surface area contributed by atoms with Crippen molar-refractivity contribution in [2.45, 2.75) is 154 Å². The number of hydrogen-bond acceptors (Lipinski definition) is 3. The highest BCUT2D eigenvalue weighted by Crippen LogP contribution is 2.30. The number of nitrogens with one attached hydrogen (secondary N) is 1. The molecule has 0 bridgehead atoms. The van der Waals surface area contributed by atoms with Crippen LogP contribution in [0.3, 0.4) is 0 Å². The maximum Gasteiger partial charge on any atom is 0.208 e. The first kappa shape index (κ1) is 28.4. The largest absolute Gasteiger partial charge is 0.396 e. The van der Waals surface area contributed by atoms with E-state index in [9.17, 15) is 9.90 Å². The molecule has 2 unspecified atom stereocenters. The summed E-state index contributed by atoms with van der Waals surface area (Å²) in [5.41, 5.74) is -0.265. The average Bonchev–Trinajstić information content (AvgIpc) is 2.77. The topological polar surface area (TPSA) is 52.6 Å². The molecule has 0 aromatic rings. The van der Waals surface area contributed by atoms with E-state index in [4.69, 9.17) is 0 Å². The Morgan fingerprint density at radius 3 is 1.87 bits per heavy atom. The van der Waals surface area contributed by atoms with E-state index >= 15 is 0 Å². The molecule has 2 atom stereocenters. The molecule has 0 spiro atoms. The summed E-state index contributed by atoms with van der Waals surface area (Å²) in [5.74, 6) is 0. The highest BCUT2D eigenvalue weighted by Gasteiger charge is 2.36. The predicted octanol–water partition coefficient (Wildman–Crippen LogP) is 6.95. The number of hydrogen-bond donors (Lipinski definition) is 2. The van der Waals surface area contributed by atoms with Gasteiger partial charge in [-0.25, -0.2) is 0 Å². The SMILES string of the molecule is CCCCCCCCCCCCCCCCCC(C)(NC=O)N1CCCCC1CCO. The number of aliphatic hydroxyl groups is 1. The minimum Gasteiger partial charge on any atom is -0.396 e. The molecule has 0 saturated carbocycles. The molecule has 4 heteroatoms. The molecule has 2 N–H and O–H groups in total. The molecule has 0 aliphatic carbocycles. The van der Waals surface area contributed by atoms with Crippen molar-refractivity contribution in [3.8, 4) is 0 Å². The number of amides is 1. The molecule has 0 aromatic carbocycles. The van der Waals surface area contributed by atoms with Crippen molar-refractivity contribution in [3.63, 3.8) is 0 Å². The molecule has 184 valence electrons. The maximum absolute atomic E-state index is 11.3. The molecular formula is C27H54N2O2. The summed E-state index contributed by atoms with van der Waals surface area (Å²) in [7, 11) is 0. The molecule has 1 aliphatic heterocycles. The van der Waals surface area contributed by atoms with Gasteiger partial charge in [0.15, 0.2) is 0 Å². The van der Waals surface area contributed by atoms with Crippen molar-refractivity contribution < 1.29 is 9.90 Å². The van der Waals surface area contributed by atoms with E-state index in [0.29, 0.717) is 6.04 Å². The van der Waals surface area contributed by atoms with Crippen LogP contribution in [0.2, 0.25) is 0 Å². The molecule has 1 fully saturated rings. The smallest absolute Gasteiger partial charge is 0.208 e. The molecule has 1 heterocycles. The van der Waals surface area contributed by atoms with Crippen LogP contribution >= 0.6 is 0 Å². The number of unbranched alkanes of at least 4 members (excludes halogenated alkanes) is 14. The van der Waals surface area contributed by atoms with Gasteiger partial charge in [0.1, 0.15) is 0 Å². The van der Waals surface area contributed by atoms with Gasteiger partial charge >= 0.3 is 0 Å². The fourth-order valence-corrected chi connectivity index (χ4v) is 5.37. The van der Waals surface area contributed by atoms with Gasteiger partial charge in [0, 0.05) is 19.2 Å². The van der Waals surface area contributed by atoms with Crippen LogP contribution in [-0.2, 0) is 4.79 Å². The Morgan fingerprint density at radius 1 is 0.871 bits per heavy atom. The lowest BCUT2D eigenvalue weighted by atomic mass is 9.92. The van der Waals surface area contributed by atoms with Crippen molar-refractivity contribution >= 4 is 6.41 Å². The number of carbonyl (C=O) groups excluding carboxylic acids is 1. The Morgan fingerprint density at radius 2 is 1.39 bits per heavy atom. The molecular weight excluding hydrogens is 384 g/mol. The Kier molecular flexibility index (Phi) is 17.3. The third-order valence-corrected chi connectivity index (χ3v) is 7.36. The quantitative estimate of drug-likeness (QED) is 0.151. The molecule has 1 amide bonds. The Balaban J connectivity index is 2.08. The van der Waals surface area contributed by atoms with Gasteiger partial charge in [0.25, 0.3) is 0 Å². The van der Waals surface area contributed by atoms with E-state index in [1.807, 2.05) is 0 Å². The summed E-state index contributed by atoms with van der Waals surface area (Å²) >= 11 is 0. The van der Waals surface area contributed by atoms with Crippen LogP contribution < -0.4 is 5.32 Å². The van der Waals surface area contributed by atoms with Gasteiger partial charge in [-0.15, -0.1) is 0 Å². The van der Waals surface area contributed by atoms with Crippen molar-refractivity contribution in [2.75, 3.05) is 13.2 Å². The predicted molar refractivity (Wildman–Crippen MR) is 133 cm³/mol. The normalized spacial score (nSPS) is 19.3. The van der Waals surface area contributed by atoms with Crippen LogP contribution in [-0.4, -0.2) is 41.3 Å². The second kappa shape index (κ2) is 18.9. The van der Waals surface area contributed by atoms with Crippen LogP contribution in [0, 0.1) is 0 Å². The van der Waals surface area contributed by atoms with Gasteiger partial charge in [-0.2, -0.15) is 0 Å². The number of aliphatic hydroxyl groups excluding tert-OH is 1. The fourth-order valence-electron chi connectivity index (χ4n) is 5.37. The molecule has 1 saturated heterocycles. The monoisotopic (exact) mass is 438 g/mol.